The van der Waals surface area contributed by atoms with Crippen molar-refractivity contribution in [3.8, 4) is 0 Å². The van der Waals surface area contributed by atoms with Gasteiger partial charge in [0.2, 0.25) is 0 Å². The number of hydrogen-bond donors (Lipinski definition) is 2. The average molecular weight is 273 g/mol. The van der Waals surface area contributed by atoms with Crippen LogP contribution in [0, 0.1) is 0 Å². The SMILES string of the molecule is CC(=O)c1ccc(C(O)C(O)CBr)cc1. The molecule has 1 rings (SSSR count). The Morgan fingerprint density at radius 2 is 1.87 bits per heavy atom. The second-order valence-corrected chi connectivity index (χ2v) is 3.99. The van der Waals surface area contributed by atoms with Gasteiger partial charge in [-0.15, -0.1) is 0 Å². The molecule has 0 aromatic heterocycles. The van der Waals surface area contributed by atoms with E-state index in [1.54, 1.807) is 24.3 Å². The van der Waals surface area contributed by atoms with Gasteiger partial charge in [0, 0.05) is 10.9 Å². The average Bonchev–Trinajstić information content (AvgIpc) is 2.27. The largest absolute Gasteiger partial charge is 0.389 e. The van der Waals surface area contributed by atoms with Crippen LogP contribution in [-0.2, 0) is 0 Å². The Kier molecular flexibility index (Phi) is 4.45. The lowest BCUT2D eigenvalue weighted by Crippen LogP contribution is -2.19. The third-order valence-corrected chi connectivity index (χ3v) is 2.84. The molecule has 0 spiro atoms. The van der Waals surface area contributed by atoms with Gasteiger partial charge in [-0.1, -0.05) is 40.2 Å². The lowest BCUT2D eigenvalue weighted by Gasteiger charge is -2.15. The van der Waals surface area contributed by atoms with Crippen molar-refractivity contribution in [2.75, 3.05) is 5.33 Å². The summed E-state index contributed by atoms with van der Waals surface area (Å²) in [5, 5.41) is 19.4. The molecule has 0 bridgehead atoms. The van der Waals surface area contributed by atoms with E-state index < -0.39 is 12.2 Å². The van der Waals surface area contributed by atoms with E-state index in [1.807, 2.05) is 0 Å². The van der Waals surface area contributed by atoms with E-state index in [0.717, 1.165) is 0 Å². The smallest absolute Gasteiger partial charge is 0.159 e. The summed E-state index contributed by atoms with van der Waals surface area (Å²) >= 11 is 3.09. The Morgan fingerprint density at radius 1 is 1.33 bits per heavy atom. The number of aliphatic hydroxyl groups is 2. The molecular weight excluding hydrogens is 260 g/mol. The van der Waals surface area contributed by atoms with Gasteiger partial charge in [-0.25, -0.2) is 0 Å². The molecular formula is C11H13BrO3. The lowest BCUT2D eigenvalue weighted by molar-refractivity contribution is 0.0342. The Morgan fingerprint density at radius 3 is 2.27 bits per heavy atom. The number of carbonyl (C=O) groups excluding carboxylic acids is 1. The minimum absolute atomic E-state index is 0.0166. The zero-order chi connectivity index (χ0) is 11.4. The first kappa shape index (κ1) is 12.4. The predicted octanol–water partition coefficient (Wildman–Crippen LogP) is 1.68. The van der Waals surface area contributed by atoms with Gasteiger partial charge in [-0.2, -0.15) is 0 Å². The molecule has 2 atom stereocenters. The van der Waals surface area contributed by atoms with E-state index in [-0.39, 0.29) is 5.78 Å². The molecule has 15 heavy (non-hydrogen) atoms. The third-order valence-electron chi connectivity index (χ3n) is 2.18. The lowest BCUT2D eigenvalue weighted by atomic mass is 10.0. The van der Waals surface area contributed by atoms with E-state index in [1.165, 1.54) is 6.92 Å². The summed E-state index contributed by atoms with van der Waals surface area (Å²) in [6.07, 6.45) is -1.77. The van der Waals surface area contributed by atoms with Crippen LogP contribution in [-0.4, -0.2) is 27.4 Å². The topological polar surface area (TPSA) is 57.5 Å². The highest BCUT2D eigenvalue weighted by Crippen LogP contribution is 2.18. The van der Waals surface area contributed by atoms with Gasteiger partial charge in [-0.3, -0.25) is 4.79 Å². The Labute approximate surface area is 96.9 Å². The molecule has 82 valence electrons. The van der Waals surface area contributed by atoms with Crippen LogP contribution < -0.4 is 0 Å². The number of Topliss-reactive ketones (excluding diaryl/α,β-unsaturated/α-hetero) is 1. The van der Waals surface area contributed by atoms with Gasteiger partial charge in [-0.05, 0) is 12.5 Å². The molecule has 0 saturated carbocycles. The van der Waals surface area contributed by atoms with E-state index in [2.05, 4.69) is 15.9 Å². The van der Waals surface area contributed by atoms with Gasteiger partial charge in [0.15, 0.2) is 5.78 Å². The highest BCUT2D eigenvalue weighted by Gasteiger charge is 2.16. The quantitative estimate of drug-likeness (QED) is 0.648. The maximum absolute atomic E-state index is 11.0. The minimum atomic E-state index is -0.926. The van der Waals surface area contributed by atoms with E-state index in [9.17, 15) is 15.0 Å². The van der Waals surface area contributed by atoms with Crippen molar-refractivity contribution < 1.29 is 15.0 Å². The Hall–Kier alpha value is -0.710. The fourth-order valence-corrected chi connectivity index (χ4v) is 1.58. The number of halogens is 1. The van der Waals surface area contributed by atoms with Crippen molar-refractivity contribution >= 4 is 21.7 Å². The standard InChI is InChI=1S/C11H13BrO3/c1-7(13)8-2-4-9(5-3-8)11(15)10(14)6-12/h2-5,10-11,14-15H,6H2,1H3. The highest BCUT2D eigenvalue weighted by atomic mass is 79.9. The van der Waals surface area contributed by atoms with Crippen LogP contribution in [0.5, 0.6) is 0 Å². The van der Waals surface area contributed by atoms with Crippen molar-refractivity contribution in [1.82, 2.24) is 0 Å². The summed E-state index contributed by atoms with van der Waals surface area (Å²) in [6, 6.07) is 6.57. The summed E-state index contributed by atoms with van der Waals surface area (Å²) in [6.45, 7) is 1.48. The molecule has 0 aliphatic heterocycles. The van der Waals surface area contributed by atoms with Gasteiger partial charge in [0.25, 0.3) is 0 Å². The van der Waals surface area contributed by atoms with Crippen molar-refractivity contribution in [1.29, 1.82) is 0 Å². The maximum Gasteiger partial charge on any atom is 0.159 e. The van der Waals surface area contributed by atoms with Gasteiger partial charge < -0.3 is 10.2 Å². The summed E-state index contributed by atoms with van der Waals surface area (Å²) in [5.41, 5.74) is 1.20. The third kappa shape index (κ3) is 3.12. The number of ketones is 1. The number of hydrogen-bond acceptors (Lipinski definition) is 3. The molecule has 3 nitrogen and oxygen atoms in total. The maximum atomic E-state index is 11.0. The normalized spacial score (nSPS) is 14.7. The second-order valence-electron chi connectivity index (χ2n) is 3.34. The molecule has 0 saturated heterocycles. The zero-order valence-electron chi connectivity index (χ0n) is 8.35. The summed E-state index contributed by atoms with van der Waals surface area (Å²) < 4.78 is 0. The zero-order valence-corrected chi connectivity index (χ0v) is 9.94. The molecule has 0 aliphatic rings. The molecule has 0 heterocycles. The van der Waals surface area contributed by atoms with Gasteiger partial charge in [0.1, 0.15) is 6.10 Å². The van der Waals surface area contributed by atoms with Crippen molar-refractivity contribution in [2.45, 2.75) is 19.1 Å². The summed E-state index contributed by atoms with van der Waals surface area (Å²) in [4.78, 5) is 11.0. The monoisotopic (exact) mass is 272 g/mol. The van der Waals surface area contributed by atoms with Crippen LogP contribution in [0.3, 0.4) is 0 Å². The first-order valence-electron chi connectivity index (χ1n) is 4.59. The first-order valence-corrected chi connectivity index (χ1v) is 5.71. The van der Waals surface area contributed by atoms with E-state index in [0.29, 0.717) is 16.5 Å². The Balaban J connectivity index is 2.84. The van der Waals surface area contributed by atoms with Crippen molar-refractivity contribution in [3.05, 3.63) is 35.4 Å². The van der Waals surface area contributed by atoms with E-state index in [4.69, 9.17) is 0 Å². The predicted molar refractivity (Wildman–Crippen MR) is 61.2 cm³/mol. The number of aliphatic hydroxyl groups excluding tert-OH is 2. The number of benzene rings is 1. The minimum Gasteiger partial charge on any atom is -0.389 e. The summed E-state index contributed by atoms with van der Waals surface area (Å²) in [7, 11) is 0. The summed E-state index contributed by atoms with van der Waals surface area (Å²) in [5.74, 6) is -0.0166. The molecule has 2 unspecified atom stereocenters. The molecule has 0 aliphatic carbocycles. The first-order chi connectivity index (χ1) is 7.06. The van der Waals surface area contributed by atoms with Crippen LogP contribution in [0.1, 0.15) is 28.9 Å². The molecule has 1 aromatic carbocycles. The molecule has 0 fully saturated rings. The molecule has 0 amide bonds. The Bertz CT molecular complexity index is 334. The fraction of sp³-hybridized carbons (Fsp3) is 0.364. The number of carbonyl (C=O) groups is 1. The van der Waals surface area contributed by atoms with Gasteiger partial charge in [0.05, 0.1) is 6.10 Å². The molecule has 1 aromatic rings. The van der Waals surface area contributed by atoms with Gasteiger partial charge >= 0.3 is 0 Å². The number of rotatable bonds is 4. The van der Waals surface area contributed by atoms with Crippen LogP contribution in [0.2, 0.25) is 0 Å². The van der Waals surface area contributed by atoms with Crippen LogP contribution in [0.15, 0.2) is 24.3 Å². The fourth-order valence-electron chi connectivity index (χ4n) is 1.22. The molecule has 2 N–H and O–H groups in total. The van der Waals surface area contributed by atoms with Crippen molar-refractivity contribution in [2.24, 2.45) is 0 Å². The van der Waals surface area contributed by atoms with Crippen LogP contribution >= 0.6 is 15.9 Å². The van der Waals surface area contributed by atoms with Crippen LogP contribution in [0.25, 0.3) is 0 Å². The molecule has 0 radical (unpaired) electrons. The molecule has 4 heteroatoms. The highest BCUT2D eigenvalue weighted by molar-refractivity contribution is 9.09. The second kappa shape index (κ2) is 5.39. The van der Waals surface area contributed by atoms with Crippen LogP contribution in [0.4, 0.5) is 0 Å². The van der Waals surface area contributed by atoms with Crippen molar-refractivity contribution in [3.63, 3.8) is 0 Å². The number of alkyl halides is 1. The van der Waals surface area contributed by atoms with E-state index >= 15 is 0 Å².